The Labute approximate surface area is 231 Å². The van der Waals surface area contributed by atoms with Crippen molar-refractivity contribution in [3.63, 3.8) is 0 Å². The van der Waals surface area contributed by atoms with Crippen LogP contribution in [0.15, 0.2) is 24.3 Å². The number of rotatable bonds is 12. The number of amides is 3. The Kier molecular flexibility index (Phi) is 9.12. The first kappa shape index (κ1) is 28.2. The largest absolute Gasteiger partial charge is 0.494 e. The summed E-state index contributed by atoms with van der Waals surface area (Å²) < 4.78 is 4.83. The standard InChI is InChI=1S/C27H38BrN3O5S/c1-4-8-16(3)29-25(34)23-27-15-19(28)22(37-27)20(21(27)26(35)31(23)13-6-7-14-32)24(33)30-17-9-11-18(12-10-17)36-5-2/h9-12,16,19-23,32H,4-8,13-15H2,1-3H3,(H,29,34)(H,30,33)/t16?,19?,20-,21+,22-,23?,27?/m1/s1. The van der Waals surface area contributed by atoms with E-state index in [-0.39, 0.29) is 40.4 Å². The zero-order valence-corrected chi connectivity index (χ0v) is 24.1. The second kappa shape index (κ2) is 11.9. The SMILES string of the molecule is CCCC(C)NC(=O)C1N(CCCCO)C(=O)[C@@H]2[C@@H](C(=O)Nc3ccc(OCC)cc3)[C@@H]3SC12CC3Br. The van der Waals surface area contributed by atoms with Crippen LogP contribution in [0.2, 0.25) is 0 Å². The molecule has 4 rings (SSSR count). The first-order valence-electron chi connectivity index (χ1n) is 13.3. The van der Waals surface area contributed by atoms with Gasteiger partial charge in [-0.05, 0) is 63.8 Å². The van der Waals surface area contributed by atoms with Gasteiger partial charge in [-0.3, -0.25) is 14.4 Å². The Morgan fingerprint density at radius 3 is 2.62 bits per heavy atom. The van der Waals surface area contributed by atoms with Crippen molar-refractivity contribution in [2.75, 3.05) is 25.1 Å². The Morgan fingerprint density at radius 2 is 1.97 bits per heavy atom. The van der Waals surface area contributed by atoms with Crippen molar-refractivity contribution in [1.29, 1.82) is 0 Å². The molecule has 7 atom stereocenters. The van der Waals surface area contributed by atoms with Gasteiger partial charge in [-0.1, -0.05) is 29.3 Å². The molecule has 1 aromatic carbocycles. The first-order chi connectivity index (χ1) is 17.8. The van der Waals surface area contributed by atoms with Crippen LogP contribution >= 0.6 is 27.7 Å². The molecule has 3 saturated heterocycles. The molecule has 0 aliphatic carbocycles. The van der Waals surface area contributed by atoms with Gasteiger partial charge in [0.25, 0.3) is 0 Å². The summed E-state index contributed by atoms with van der Waals surface area (Å²) in [5.74, 6) is -0.838. The van der Waals surface area contributed by atoms with Crippen molar-refractivity contribution in [2.24, 2.45) is 11.8 Å². The van der Waals surface area contributed by atoms with E-state index < -0.39 is 22.6 Å². The van der Waals surface area contributed by atoms with Crippen LogP contribution in [0.25, 0.3) is 0 Å². The molecule has 3 N–H and O–H groups in total. The first-order valence-corrected chi connectivity index (χ1v) is 15.1. The van der Waals surface area contributed by atoms with Crippen LogP contribution < -0.4 is 15.4 Å². The van der Waals surface area contributed by atoms with Gasteiger partial charge in [-0.2, -0.15) is 0 Å². The van der Waals surface area contributed by atoms with Gasteiger partial charge in [0, 0.05) is 35.0 Å². The molecule has 0 aromatic heterocycles. The maximum absolute atomic E-state index is 13.9. The van der Waals surface area contributed by atoms with Crippen LogP contribution in [-0.4, -0.2) is 74.4 Å². The normalized spacial score (nSPS) is 30.8. The number of benzene rings is 1. The predicted octanol–water partition coefficient (Wildman–Crippen LogP) is 3.57. The predicted molar refractivity (Wildman–Crippen MR) is 149 cm³/mol. The number of unbranched alkanes of at least 4 members (excludes halogenated alkanes) is 1. The monoisotopic (exact) mass is 595 g/mol. The van der Waals surface area contributed by atoms with E-state index in [4.69, 9.17) is 4.74 Å². The number of nitrogens with one attached hydrogen (secondary N) is 2. The maximum atomic E-state index is 13.9. The summed E-state index contributed by atoms with van der Waals surface area (Å²) in [4.78, 5) is 43.0. The van der Waals surface area contributed by atoms with Gasteiger partial charge in [0.15, 0.2) is 0 Å². The number of ether oxygens (including phenoxy) is 1. The highest BCUT2D eigenvalue weighted by molar-refractivity contribution is 9.09. The van der Waals surface area contributed by atoms with Crippen molar-refractivity contribution in [2.45, 2.75) is 79.8 Å². The number of halogens is 1. The highest BCUT2D eigenvalue weighted by Gasteiger charge is 2.75. The summed E-state index contributed by atoms with van der Waals surface area (Å²) in [6.07, 6.45) is 3.63. The minimum absolute atomic E-state index is 0.00414. The number of anilines is 1. The lowest BCUT2D eigenvalue weighted by Gasteiger charge is -2.36. The highest BCUT2D eigenvalue weighted by Crippen LogP contribution is 2.67. The lowest BCUT2D eigenvalue weighted by molar-refractivity contribution is -0.139. The number of carbonyl (C=O) groups excluding carboxylic acids is 3. The zero-order valence-electron chi connectivity index (χ0n) is 21.7. The van der Waals surface area contributed by atoms with Crippen molar-refractivity contribution in [1.82, 2.24) is 10.2 Å². The quantitative estimate of drug-likeness (QED) is 0.252. The second-order valence-corrected chi connectivity index (χ2v) is 13.0. The lowest BCUT2D eigenvalue weighted by atomic mass is 9.70. The van der Waals surface area contributed by atoms with Crippen molar-refractivity contribution in [3.05, 3.63) is 24.3 Å². The minimum Gasteiger partial charge on any atom is -0.494 e. The van der Waals surface area contributed by atoms with E-state index in [9.17, 15) is 19.5 Å². The van der Waals surface area contributed by atoms with Crippen LogP contribution in [-0.2, 0) is 14.4 Å². The fraction of sp³-hybridized carbons (Fsp3) is 0.667. The fourth-order valence-corrected chi connectivity index (χ4v) is 9.83. The van der Waals surface area contributed by atoms with Gasteiger partial charge >= 0.3 is 0 Å². The number of aliphatic hydroxyl groups is 1. The number of alkyl halides is 1. The van der Waals surface area contributed by atoms with Crippen LogP contribution in [0, 0.1) is 11.8 Å². The molecule has 0 saturated carbocycles. The van der Waals surface area contributed by atoms with Crippen LogP contribution in [0.1, 0.15) is 52.9 Å². The highest BCUT2D eigenvalue weighted by atomic mass is 79.9. The van der Waals surface area contributed by atoms with Gasteiger partial charge in [0.1, 0.15) is 11.8 Å². The second-order valence-electron chi connectivity index (χ2n) is 10.3. The molecular weight excluding hydrogens is 558 g/mol. The molecule has 37 heavy (non-hydrogen) atoms. The smallest absolute Gasteiger partial charge is 0.244 e. The van der Waals surface area contributed by atoms with Crippen molar-refractivity contribution in [3.8, 4) is 5.75 Å². The molecule has 3 heterocycles. The Bertz CT molecular complexity index is 995. The molecule has 10 heteroatoms. The van der Waals surface area contributed by atoms with E-state index in [1.165, 1.54) is 0 Å². The molecule has 1 spiro atoms. The van der Waals surface area contributed by atoms with Gasteiger partial charge < -0.3 is 25.4 Å². The maximum Gasteiger partial charge on any atom is 0.244 e. The molecule has 8 nitrogen and oxygen atoms in total. The molecule has 1 aromatic rings. The van der Waals surface area contributed by atoms with E-state index in [1.807, 2.05) is 26.0 Å². The third kappa shape index (κ3) is 5.39. The average Bonchev–Trinajstić information content (AvgIpc) is 3.44. The number of fused-ring (bicyclic) bond motifs is 1. The number of thioether (sulfide) groups is 1. The number of nitrogens with zero attached hydrogens (tertiary/aromatic N) is 1. The third-order valence-electron chi connectivity index (χ3n) is 7.69. The minimum atomic E-state index is -0.661. The summed E-state index contributed by atoms with van der Waals surface area (Å²) in [5.41, 5.74) is 0.648. The molecule has 2 bridgehead atoms. The average molecular weight is 597 g/mol. The van der Waals surface area contributed by atoms with E-state index in [0.29, 0.717) is 38.1 Å². The summed E-state index contributed by atoms with van der Waals surface area (Å²) in [5, 5.41) is 15.4. The van der Waals surface area contributed by atoms with Gasteiger partial charge in [0.05, 0.1) is 23.2 Å². The van der Waals surface area contributed by atoms with Gasteiger partial charge in [-0.15, -0.1) is 11.8 Å². The molecule has 3 amide bonds. The van der Waals surface area contributed by atoms with Crippen LogP contribution in [0.5, 0.6) is 5.75 Å². The Morgan fingerprint density at radius 1 is 1.24 bits per heavy atom. The number of hydrogen-bond donors (Lipinski definition) is 3. The lowest BCUT2D eigenvalue weighted by Crippen LogP contribution is -2.55. The molecule has 3 aliphatic rings. The molecule has 3 fully saturated rings. The third-order valence-corrected chi connectivity index (χ3v) is 10.9. The molecule has 4 unspecified atom stereocenters. The van der Waals surface area contributed by atoms with Crippen molar-refractivity contribution < 1.29 is 24.2 Å². The zero-order chi connectivity index (χ0) is 26.7. The number of hydrogen-bond acceptors (Lipinski definition) is 6. The number of likely N-dealkylation sites (tertiary alicyclic amines) is 1. The summed E-state index contributed by atoms with van der Waals surface area (Å²) in [6, 6.07) is 6.59. The fourth-order valence-electron chi connectivity index (χ4n) is 6.22. The topological polar surface area (TPSA) is 108 Å². The van der Waals surface area contributed by atoms with Gasteiger partial charge in [0.2, 0.25) is 17.7 Å². The van der Waals surface area contributed by atoms with Gasteiger partial charge in [-0.25, -0.2) is 0 Å². The summed E-state index contributed by atoms with van der Waals surface area (Å²) in [6.45, 7) is 6.97. The van der Waals surface area contributed by atoms with E-state index in [1.54, 1.807) is 28.8 Å². The number of carbonyl (C=O) groups is 3. The van der Waals surface area contributed by atoms with Crippen molar-refractivity contribution >= 4 is 51.1 Å². The van der Waals surface area contributed by atoms with E-state index >= 15 is 0 Å². The molecule has 3 aliphatic heterocycles. The van der Waals surface area contributed by atoms with E-state index in [2.05, 4.69) is 33.5 Å². The molecule has 0 radical (unpaired) electrons. The summed E-state index contributed by atoms with van der Waals surface area (Å²) in [7, 11) is 0. The van der Waals surface area contributed by atoms with E-state index in [0.717, 1.165) is 18.6 Å². The number of aliphatic hydroxyl groups excluding tert-OH is 1. The molecular formula is C27H38BrN3O5S. The Balaban J connectivity index is 1.61. The summed E-state index contributed by atoms with van der Waals surface area (Å²) >= 11 is 5.43. The van der Waals surface area contributed by atoms with Crippen LogP contribution in [0.4, 0.5) is 5.69 Å². The van der Waals surface area contributed by atoms with Crippen LogP contribution in [0.3, 0.4) is 0 Å². The molecule has 204 valence electrons. The Hall–Kier alpha value is -1.78.